The van der Waals surface area contributed by atoms with Gasteiger partial charge in [-0.1, -0.05) is 43.6 Å². The van der Waals surface area contributed by atoms with Crippen LogP contribution >= 0.6 is 35.6 Å². The third-order valence-corrected chi connectivity index (χ3v) is 4.81. The quantitative estimate of drug-likeness (QED) is 0.311. The number of pyridine rings is 1. The van der Waals surface area contributed by atoms with E-state index in [2.05, 4.69) is 39.4 Å². The van der Waals surface area contributed by atoms with Crippen molar-refractivity contribution in [1.29, 1.82) is 0 Å². The van der Waals surface area contributed by atoms with Crippen LogP contribution in [0.2, 0.25) is 5.02 Å². The number of rotatable bonds is 8. The van der Waals surface area contributed by atoms with Crippen LogP contribution in [0.5, 0.6) is 0 Å². The maximum atomic E-state index is 13.7. The number of aromatic nitrogens is 1. The lowest BCUT2D eigenvalue weighted by Crippen LogP contribution is -2.43. The Morgan fingerprint density at radius 3 is 2.50 bits per heavy atom. The van der Waals surface area contributed by atoms with E-state index < -0.39 is 0 Å². The highest BCUT2D eigenvalue weighted by atomic mass is 127. The van der Waals surface area contributed by atoms with Gasteiger partial charge in [0.05, 0.1) is 18.3 Å². The van der Waals surface area contributed by atoms with Crippen molar-refractivity contribution in [2.45, 2.75) is 26.4 Å². The van der Waals surface area contributed by atoms with Crippen LogP contribution in [-0.2, 0) is 6.54 Å². The van der Waals surface area contributed by atoms with Crippen LogP contribution in [0.4, 0.5) is 4.39 Å². The van der Waals surface area contributed by atoms with Gasteiger partial charge in [0.15, 0.2) is 5.96 Å². The fourth-order valence-electron chi connectivity index (χ4n) is 2.98. The van der Waals surface area contributed by atoms with Gasteiger partial charge in [0.2, 0.25) is 0 Å². The van der Waals surface area contributed by atoms with Crippen LogP contribution in [0.3, 0.4) is 0 Å². The van der Waals surface area contributed by atoms with Gasteiger partial charge >= 0.3 is 0 Å². The highest BCUT2D eigenvalue weighted by molar-refractivity contribution is 14.0. The predicted molar refractivity (Wildman–Crippen MR) is 125 cm³/mol. The summed E-state index contributed by atoms with van der Waals surface area (Å²) in [5.74, 6) is 0.252. The number of hydrogen-bond donors (Lipinski definition) is 2. The average Bonchev–Trinajstić information content (AvgIpc) is 2.69. The van der Waals surface area contributed by atoms with Gasteiger partial charge in [-0.2, -0.15) is 0 Å². The predicted octanol–water partition coefficient (Wildman–Crippen LogP) is 4.24. The first-order valence-electron chi connectivity index (χ1n) is 9.13. The largest absolute Gasteiger partial charge is 0.354 e. The second-order valence-corrected chi connectivity index (χ2v) is 6.40. The Balaban J connectivity index is 0.00000392. The summed E-state index contributed by atoms with van der Waals surface area (Å²) in [6.45, 7) is 6.94. The first-order valence-corrected chi connectivity index (χ1v) is 9.50. The fourth-order valence-corrected chi connectivity index (χ4v) is 3.24. The molecule has 1 heterocycles. The van der Waals surface area contributed by atoms with Crippen LogP contribution < -0.4 is 10.6 Å². The minimum absolute atomic E-state index is 0. The monoisotopic (exact) mass is 519 g/mol. The number of aliphatic imine (C=N–C) groups is 1. The van der Waals surface area contributed by atoms with Gasteiger partial charge < -0.3 is 10.6 Å². The van der Waals surface area contributed by atoms with Gasteiger partial charge in [-0.25, -0.2) is 4.39 Å². The van der Waals surface area contributed by atoms with Crippen LogP contribution in [-0.4, -0.2) is 42.5 Å². The number of halogens is 3. The third kappa shape index (κ3) is 6.86. The highest BCUT2D eigenvalue weighted by Gasteiger charge is 2.20. The van der Waals surface area contributed by atoms with Crippen molar-refractivity contribution in [3.63, 3.8) is 0 Å². The molecule has 5 nitrogen and oxygen atoms in total. The number of guanidine groups is 1. The van der Waals surface area contributed by atoms with Crippen molar-refractivity contribution in [2.24, 2.45) is 4.99 Å². The van der Waals surface area contributed by atoms with Crippen LogP contribution in [0.25, 0.3) is 0 Å². The maximum absolute atomic E-state index is 13.7. The van der Waals surface area contributed by atoms with E-state index in [0.717, 1.165) is 23.7 Å². The minimum Gasteiger partial charge on any atom is -0.354 e. The highest BCUT2D eigenvalue weighted by Crippen LogP contribution is 2.26. The second kappa shape index (κ2) is 12.9. The van der Waals surface area contributed by atoms with Crippen molar-refractivity contribution in [3.8, 4) is 0 Å². The Labute approximate surface area is 188 Å². The lowest BCUT2D eigenvalue weighted by atomic mass is 10.0. The van der Waals surface area contributed by atoms with Gasteiger partial charge in [-0.15, -0.1) is 24.0 Å². The van der Waals surface area contributed by atoms with Gasteiger partial charge in [-0.3, -0.25) is 14.9 Å². The number of hydrogen-bond acceptors (Lipinski definition) is 3. The van der Waals surface area contributed by atoms with Gasteiger partial charge in [0, 0.05) is 24.8 Å². The van der Waals surface area contributed by atoms with Crippen molar-refractivity contribution < 1.29 is 4.39 Å². The molecule has 1 aromatic carbocycles. The molecular formula is C20H28ClFIN5. The lowest BCUT2D eigenvalue weighted by molar-refractivity contribution is 0.219. The second-order valence-electron chi connectivity index (χ2n) is 6.00. The molecule has 2 rings (SSSR count). The van der Waals surface area contributed by atoms with Crippen LogP contribution in [0.15, 0.2) is 47.6 Å². The molecule has 8 heteroatoms. The molecule has 0 fully saturated rings. The summed E-state index contributed by atoms with van der Waals surface area (Å²) < 4.78 is 13.7. The molecular weight excluding hydrogens is 492 g/mol. The number of benzene rings is 1. The van der Waals surface area contributed by atoms with Crippen molar-refractivity contribution in [3.05, 3.63) is 64.7 Å². The molecule has 0 bridgehead atoms. The zero-order valence-corrected chi connectivity index (χ0v) is 19.5. The molecule has 154 valence electrons. The van der Waals surface area contributed by atoms with E-state index in [9.17, 15) is 4.39 Å². The number of likely N-dealkylation sites (N-methyl/N-ethyl adjacent to an activating group) is 1. The lowest BCUT2D eigenvalue weighted by Gasteiger charge is -2.31. The Bertz CT molecular complexity index is 755. The molecule has 0 saturated heterocycles. The SMILES string of the molecule is CCN(CC)C(CNC(=NC)NCc1ncccc1F)c1ccccc1Cl.I. The maximum Gasteiger partial charge on any atom is 0.191 e. The molecule has 0 saturated carbocycles. The van der Waals surface area contributed by atoms with Gasteiger partial charge in [0.25, 0.3) is 0 Å². The van der Waals surface area contributed by atoms with E-state index in [-0.39, 0.29) is 42.4 Å². The zero-order valence-electron chi connectivity index (χ0n) is 16.5. The van der Waals surface area contributed by atoms with Crippen LogP contribution in [0, 0.1) is 5.82 Å². The van der Waals surface area contributed by atoms with E-state index >= 15 is 0 Å². The standard InChI is InChI=1S/C20H27ClFN5.HI/c1-4-27(5-2)19(15-9-6-7-10-16(15)21)14-26-20(23-3)25-13-18-17(22)11-8-12-24-18;/h6-12,19H,4-5,13-14H2,1-3H3,(H2,23,25,26);1H. The summed E-state index contributed by atoms with van der Waals surface area (Å²) in [5, 5.41) is 7.18. The molecule has 0 spiro atoms. The molecule has 1 aromatic heterocycles. The average molecular weight is 520 g/mol. The number of nitrogens with zero attached hydrogens (tertiary/aromatic N) is 3. The fraction of sp³-hybridized carbons (Fsp3) is 0.400. The summed E-state index contributed by atoms with van der Waals surface area (Å²) in [5.41, 5.74) is 1.42. The summed E-state index contributed by atoms with van der Waals surface area (Å²) >= 11 is 6.43. The molecule has 2 aromatic rings. The smallest absolute Gasteiger partial charge is 0.191 e. The zero-order chi connectivity index (χ0) is 19.6. The summed E-state index contributed by atoms with van der Waals surface area (Å²) in [6.07, 6.45) is 1.57. The molecule has 0 aliphatic rings. The van der Waals surface area contributed by atoms with E-state index in [1.807, 2.05) is 24.3 Å². The van der Waals surface area contributed by atoms with Gasteiger partial charge in [-0.05, 0) is 36.9 Å². The van der Waals surface area contributed by atoms with Crippen molar-refractivity contribution >= 4 is 41.5 Å². The van der Waals surface area contributed by atoms with E-state index in [1.54, 1.807) is 19.3 Å². The Kier molecular flexibility index (Phi) is 11.3. The van der Waals surface area contributed by atoms with Crippen molar-refractivity contribution in [1.82, 2.24) is 20.5 Å². The normalized spacial score (nSPS) is 12.4. The molecule has 0 radical (unpaired) electrons. The van der Waals surface area contributed by atoms with Crippen molar-refractivity contribution in [2.75, 3.05) is 26.7 Å². The Morgan fingerprint density at radius 1 is 1.18 bits per heavy atom. The first kappa shape index (κ1) is 24.6. The van der Waals surface area contributed by atoms with E-state index in [4.69, 9.17) is 11.6 Å². The topological polar surface area (TPSA) is 52.5 Å². The molecule has 1 unspecified atom stereocenters. The van der Waals surface area contributed by atoms with Gasteiger partial charge in [0.1, 0.15) is 5.82 Å². The molecule has 0 aliphatic carbocycles. The Hall–Kier alpha value is -1.45. The molecule has 0 aliphatic heterocycles. The van der Waals surface area contributed by atoms with E-state index in [1.165, 1.54) is 6.07 Å². The summed E-state index contributed by atoms with van der Waals surface area (Å²) in [4.78, 5) is 10.6. The minimum atomic E-state index is -0.336. The number of nitrogens with one attached hydrogen (secondary N) is 2. The first-order chi connectivity index (χ1) is 13.1. The molecule has 2 N–H and O–H groups in total. The summed E-state index contributed by atoms with van der Waals surface area (Å²) in [7, 11) is 1.69. The molecule has 1 atom stereocenters. The van der Waals surface area contributed by atoms with Crippen LogP contribution in [0.1, 0.15) is 31.1 Å². The molecule has 0 amide bonds. The van der Waals surface area contributed by atoms with E-state index in [0.29, 0.717) is 18.2 Å². The Morgan fingerprint density at radius 2 is 1.89 bits per heavy atom. The molecule has 28 heavy (non-hydrogen) atoms. The third-order valence-electron chi connectivity index (χ3n) is 4.46. The summed E-state index contributed by atoms with van der Waals surface area (Å²) in [6, 6.07) is 10.9.